The van der Waals surface area contributed by atoms with E-state index in [1.807, 2.05) is 11.4 Å². The summed E-state index contributed by atoms with van der Waals surface area (Å²) in [6.45, 7) is 0.692. The number of benzene rings is 1. The van der Waals surface area contributed by atoms with Crippen LogP contribution in [0.25, 0.3) is 0 Å². The maximum atomic E-state index is 6.02. The molecule has 0 aliphatic heterocycles. The zero-order valence-electron chi connectivity index (χ0n) is 8.14. The van der Waals surface area contributed by atoms with Gasteiger partial charge in [0.05, 0.1) is 15.7 Å². The van der Waals surface area contributed by atoms with Crippen molar-refractivity contribution in [1.29, 1.82) is 0 Å². The maximum absolute atomic E-state index is 6.02. The van der Waals surface area contributed by atoms with Gasteiger partial charge in [-0.1, -0.05) is 34.8 Å². The first-order valence-electron chi connectivity index (χ1n) is 4.57. The van der Waals surface area contributed by atoms with Crippen LogP contribution in [0, 0.1) is 0 Å². The Bertz CT molecular complexity index is 496. The number of nitrogens with one attached hydrogen (secondary N) is 1. The second kappa shape index (κ2) is 5.28. The van der Waals surface area contributed by atoms with Crippen molar-refractivity contribution in [3.8, 4) is 0 Å². The third-order valence-electron chi connectivity index (χ3n) is 2.00. The highest BCUT2D eigenvalue weighted by atomic mass is 35.5. The molecule has 5 heteroatoms. The van der Waals surface area contributed by atoms with Crippen molar-refractivity contribution in [2.75, 3.05) is 5.32 Å². The number of hydrogen-bond donors (Lipinski definition) is 1. The molecule has 16 heavy (non-hydrogen) atoms. The predicted octanol–water partition coefficient (Wildman–Crippen LogP) is 5.32. The van der Waals surface area contributed by atoms with Crippen LogP contribution in [-0.4, -0.2) is 0 Å². The minimum Gasteiger partial charge on any atom is -0.379 e. The molecule has 0 fully saturated rings. The van der Waals surface area contributed by atoms with Gasteiger partial charge in [0.2, 0.25) is 0 Å². The summed E-state index contributed by atoms with van der Waals surface area (Å²) in [5.74, 6) is 0. The molecule has 2 rings (SSSR count). The minimum absolute atomic E-state index is 0.659. The van der Waals surface area contributed by atoms with E-state index in [1.54, 1.807) is 29.5 Å². The van der Waals surface area contributed by atoms with E-state index in [4.69, 9.17) is 34.8 Å². The molecule has 0 unspecified atom stereocenters. The Balaban J connectivity index is 2.07. The second-order valence-electron chi connectivity index (χ2n) is 3.21. The molecule has 0 aliphatic rings. The van der Waals surface area contributed by atoms with E-state index in [9.17, 15) is 0 Å². The van der Waals surface area contributed by atoms with E-state index in [0.29, 0.717) is 16.6 Å². The number of hydrogen-bond acceptors (Lipinski definition) is 2. The third kappa shape index (κ3) is 3.05. The zero-order chi connectivity index (χ0) is 11.5. The summed E-state index contributed by atoms with van der Waals surface area (Å²) < 4.78 is 0. The molecular weight excluding hydrogens is 285 g/mol. The lowest BCUT2D eigenvalue weighted by atomic mass is 10.3. The highest BCUT2D eigenvalue weighted by Crippen LogP contribution is 2.27. The Morgan fingerprint density at radius 2 is 1.88 bits per heavy atom. The molecule has 84 valence electrons. The fourth-order valence-electron chi connectivity index (χ4n) is 1.26. The molecule has 0 aliphatic carbocycles. The molecule has 0 radical (unpaired) electrons. The standard InChI is InChI=1S/C11H8Cl3NS/c12-7-1-2-10(14)11(4-7)15-5-9-3-8(13)6-16-9/h1-4,6,15H,5H2. The molecule has 0 amide bonds. The largest absolute Gasteiger partial charge is 0.379 e. The zero-order valence-corrected chi connectivity index (χ0v) is 11.2. The quantitative estimate of drug-likeness (QED) is 0.807. The Morgan fingerprint density at radius 1 is 1.06 bits per heavy atom. The van der Waals surface area contributed by atoms with E-state index in [-0.39, 0.29) is 0 Å². The monoisotopic (exact) mass is 291 g/mol. The van der Waals surface area contributed by atoms with Crippen molar-refractivity contribution >= 4 is 51.8 Å². The van der Waals surface area contributed by atoms with Crippen LogP contribution in [0.5, 0.6) is 0 Å². The van der Waals surface area contributed by atoms with Gasteiger partial charge in [-0.2, -0.15) is 0 Å². The Hall–Kier alpha value is -0.410. The van der Waals surface area contributed by atoms with Gasteiger partial charge in [0.25, 0.3) is 0 Å². The Labute approximate surface area is 113 Å². The van der Waals surface area contributed by atoms with Crippen LogP contribution in [0.2, 0.25) is 15.1 Å². The van der Waals surface area contributed by atoms with Gasteiger partial charge in [-0.25, -0.2) is 0 Å². The lowest BCUT2D eigenvalue weighted by molar-refractivity contribution is 1.19. The highest BCUT2D eigenvalue weighted by Gasteiger charge is 2.02. The smallest absolute Gasteiger partial charge is 0.0638 e. The van der Waals surface area contributed by atoms with Crippen molar-refractivity contribution in [2.45, 2.75) is 6.54 Å². The molecule has 0 spiro atoms. The molecule has 1 nitrogen and oxygen atoms in total. The number of halogens is 3. The SMILES string of the molecule is Clc1csc(CNc2cc(Cl)ccc2Cl)c1. The van der Waals surface area contributed by atoms with Crippen molar-refractivity contribution in [3.05, 3.63) is 49.6 Å². The Morgan fingerprint density at radius 3 is 2.56 bits per heavy atom. The van der Waals surface area contributed by atoms with E-state index < -0.39 is 0 Å². The summed E-state index contributed by atoms with van der Waals surface area (Å²) in [4.78, 5) is 1.15. The summed E-state index contributed by atoms with van der Waals surface area (Å²) in [6, 6.07) is 7.27. The summed E-state index contributed by atoms with van der Waals surface area (Å²) in [5, 5.41) is 7.21. The molecule has 1 heterocycles. The predicted molar refractivity (Wildman–Crippen MR) is 73.1 cm³/mol. The van der Waals surface area contributed by atoms with Crippen molar-refractivity contribution < 1.29 is 0 Å². The molecule has 0 bridgehead atoms. The minimum atomic E-state index is 0.659. The van der Waals surface area contributed by atoms with E-state index in [2.05, 4.69) is 5.32 Å². The van der Waals surface area contributed by atoms with Gasteiger partial charge in [0, 0.05) is 21.8 Å². The van der Waals surface area contributed by atoms with Gasteiger partial charge in [-0.05, 0) is 24.3 Å². The lowest BCUT2D eigenvalue weighted by Crippen LogP contribution is -1.97. The molecule has 1 N–H and O–H groups in total. The number of anilines is 1. The fraction of sp³-hybridized carbons (Fsp3) is 0.0909. The van der Waals surface area contributed by atoms with E-state index in [0.717, 1.165) is 15.6 Å². The first-order chi connectivity index (χ1) is 7.65. The summed E-state index contributed by atoms with van der Waals surface area (Å²) in [5.41, 5.74) is 0.832. The third-order valence-corrected chi connectivity index (χ3v) is 3.85. The lowest BCUT2D eigenvalue weighted by Gasteiger charge is -2.07. The number of thiophene rings is 1. The summed E-state index contributed by atoms with van der Waals surface area (Å²) >= 11 is 19.4. The van der Waals surface area contributed by atoms with Crippen LogP contribution in [0.4, 0.5) is 5.69 Å². The van der Waals surface area contributed by atoms with Gasteiger partial charge >= 0.3 is 0 Å². The molecule has 0 atom stereocenters. The average Bonchev–Trinajstić information content (AvgIpc) is 2.66. The van der Waals surface area contributed by atoms with Crippen molar-refractivity contribution in [1.82, 2.24) is 0 Å². The van der Waals surface area contributed by atoms with Gasteiger partial charge in [0.15, 0.2) is 0 Å². The average molecular weight is 293 g/mol. The molecular formula is C11H8Cl3NS. The fourth-order valence-corrected chi connectivity index (χ4v) is 2.63. The van der Waals surface area contributed by atoms with Crippen molar-refractivity contribution in [2.24, 2.45) is 0 Å². The van der Waals surface area contributed by atoms with Crippen LogP contribution in [0.3, 0.4) is 0 Å². The highest BCUT2D eigenvalue weighted by molar-refractivity contribution is 7.10. The molecule has 1 aromatic carbocycles. The summed E-state index contributed by atoms with van der Waals surface area (Å²) in [6.07, 6.45) is 0. The van der Waals surface area contributed by atoms with Crippen LogP contribution >= 0.6 is 46.1 Å². The van der Waals surface area contributed by atoms with Crippen LogP contribution in [-0.2, 0) is 6.54 Å². The van der Waals surface area contributed by atoms with Gasteiger partial charge in [-0.3, -0.25) is 0 Å². The van der Waals surface area contributed by atoms with Crippen molar-refractivity contribution in [3.63, 3.8) is 0 Å². The first kappa shape index (κ1) is 12.1. The summed E-state index contributed by atoms with van der Waals surface area (Å²) in [7, 11) is 0. The molecule has 2 aromatic rings. The van der Waals surface area contributed by atoms with E-state index in [1.165, 1.54) is 0 Å². The van der Waals surface area contributed by atoms with Gasteiger partial charge in [-0.15, -0.1) is 11.3 Å². The van der Waals surface area contributed by atoms with Gasteiger partial charge < -0.3 is 5.32 Å². The van der Waals surface area contributed by atoms with E-state index >= 15 is 0 Å². The van der Waals surface area contributed by atoms with Gasteiger partial charge in [0.1, 0.15) is 0 Å². The molecule has 1 aromatic heterocycles. The molecule has 0 saturated heterocycles. The Kier molecular flexibility index (Phi) is 3.98. The van der Waals surface area contributed by atoms with Crippen LogP contribution < -0.4 is 5.32 Å². The first-order valence-corrected chi connectivity index (χ1v) is 6.58. The normalized spacial score (nSPS) is 10.4. The topological polar surface area (TPSA) is 12.0 Å². The number of rotatable bonds is 3. The molecule has 0 saturated carbocycles. The van der Waals surface area contributed by atoms with Crippen LogP contribution in [0.15, 0.2) is 29.6 Å². The maximum Gasteiger partial charge on any atom is 0.0638 e. The van der Waals surface area contributed by atoms with Crippen LogP contribution in [0.1, 0.15) is 4.88 Å². The second-order valence-corrected chi connectivity index (χ2v) is 5.48.